The zero-order chi connectivity index (χ0) is 14.7. The van der Waals surface area contributed by atoms with Gasteiger partial charge in [0, 0.05) is 37.3 Å². The lowest BCUT2D eigenvalue weighted by molar-refractivity contribution is 0.167. The fraction of sp³-hybridized carbons (Fsp3) is 0.647. The minimum absolute atomic E-state index is 0.374. The fourth-order valence-electron chi connectivity index (χ4n) is 3.07. The van der Waals surface area contributed by atoms with Gasteiger partial charge in [-0.2, -0.15) is 0 Å². The molecule has 2 saturated heterocycles. The highest BCUT2D eigenvalue weighted by molar-refractivity contribution is 5.53. The molecule has 21 heavy (non-hydrogen) atoms. The molecule has 0 spiro atoms. The molecule has 0 saturated carbocycles. The molecule has 2 N–H and O–H groups in total. The predicted octanol–water partition coefficient (Wildman–Crippen LogP) is 2.34. The van der Waals surface area contributed by atoms with Crippen LogP contribution in [0.15, 0.2) is 18.2 Å². The van der Waals surface area contributed by atoms with Crippen molar-refractivity contribution in [3.05, 3.63) is 23.8 Å². The van der Waals surface area contributed by atoms with Crippen LogP contribution in [0.25, 0.3) is 0 Å². The maximum absolute atomic E-state index is 5.97. The van der Waals surface area contributed by atoms with Gasteiger partial charge in [0.2, 0.25) is 0 Å². The number of anilines is 1. The Kier molecular flexibility index (Phi) is 4.66. The second kappa shape index (κ2) is 6.67. The number of nitrogens with zero attached hydrogens (tertiary/aromatic N) is 1. The molecule has 1 aromatic rings. The van der Waals surface area contributed by atoms with E-state index in [1.165, 1.54) is 11.3 Å². The molecular weight excluding hydrogens is 264 g/mol. The summed E-state index contributed by atoms with van der Waals surface area (Å²) < 4.78 is 11.3. The minimum Gasteiger partial charge on any atom is -0.493 e. The Hall–Kier alpha value is -1.26. The van der Waals surface area contributed by atoms with Crippen LogP contribution in [-0.2, 0) is 4.74 Å². The third-order valence-corrected chi connectivity index (χ3v) is 4.56. The lowest BCUT2D eigenvalue weighted by Gasteiger charge is -2.32. The van der Waals surface area contributed by atoms with E-state index in [4.69, 9.17) is 15.2 Å². The van der Waals surface area contributed by atoms with Gasteiger partial charge >= 0.3 is 0 Å². The summed E-state index contributed by atoms with van der Waals surface area (Å²) in [7, 11) is 0. The second-order valence-electron chi connectivity index (χ2n) is 6.31. The highest BCUT2D eigenvalue weighted by Gasteiger charge is 2.18. The van der Waals surface area contributed by atoms with E-state index in [1.807, 2.05) is 0 Å². The molecule has 0 bridgehead atoms. The van der Waals surface area contributed by atoms with Gasteiger partial charge in [0.1, 0.15) is 5.75 Å². The van der Waals surface area contributed by atoms with Gasteiger partial charge in [0.15, 0.2) is 0 Å². The Morgan fingerprint density at radius 2 is 2.10 bits per heavy atom. The van der Waals surface area contributed by atoms with Crippen molar-refractivity contribution in [1.82, 2.24) is 0 Å². The zero-order valence-corrected chi connectivity index (χ0v) is 12.9. The number of ether oxygens (including phenoxy) is 2. The van der Waals surface area contributed by atoms with Gasteiger partial charge in [-0.1, -0.05) is 0 Å². The summed E-state index contributed by atoms with van der Waals surface area (Å²) in [5.41, 5.74) is 8.47. The van der Waals surface area contributed by atoms with E-state index in [9.17, 15) is 0 Å². The number of aryl methyl sites for hydroxylation is 1. The van der Waals surface area contributed by atoms with Gasteiger partial charge in [-0.3, -0.25) is 0 Å². The van der Waals surface area contributed by atoms with Gasteiger partial charge in [-0.15, -0.1) is 0 Å². The molecule has 1 atom stereocenters. The maximum atomic E-state index is 5.97. The Morgan fingerprint density at radius 3 is 2.76 bits per heavy atom. The molecule has 2 aliphatic heterocycles. The van der Waals surface area contributed by atoms with E-state index in [-0.39, 0.29) is 0 Å². The average molecular weight is 290 g/mol. The molecule has 0 amide bonds. The van der Waals surface area contributed by atoms with Crippen molar-refractivity contribution in [1.29, 1.82) is 0 Å². The summed E-state index contributed by atoms with van der Waals surface area (Å²) in [4.78, 5) is 2.42. The normalized spacial score (nSPS) is 23.5. The van der Waals surface area contributed by atoms with Crippen molar-refractivity contribution in [3.8, 4) is 5.75 Å². The van der Waals surface area contributed by atoms with Crippen molar-refractivity contribution in [2.24, 2.45) is 11.7 Å². The topological polar surface area (TPSA) is 47.7 Å². The number of piperidine rings is 1. The molecule has 4 heteroatoms. The van der Waals surface area contributed by atoms with Crippen LogP contribution in [0, 0.1) is 12.8 Å². The first-order valence-electron chi connectivity index (χ1n) is 8.04. The highest BCUT2D eigenvalue weighted by Crippen LogP contribution is 2.27. The Balaban J connectivity index is 1.59. The summed E-state index contributed by atoms with van der Waals surface area (Å²) in [6.07, 6.45) is 3.28. The van der Waals surface area contributed by atoms with E-state index in [0.29, 0.717) is 12.0 Å². The number of nitrogens with two attached hydrogens (primary N) is 1. The van der Waals surface area contributed by atoms with E-state index in [1.54, 1.807) is 0 Å². The monoisotopic (exact) mass is 290 g/mol. The molecule has 0 radical (unpaired) electrons. The highest BCUT2D eigenvalue weighted by atomic mass is 16.5. The van der Waals surface area contributed by atoms with E-state index >= 15 is 0 Å². The molecular formula is C17H26N2O2. The number of benzene rings is 1. The van der Waals surface area contributed by atoms with Crippen molar-refractivity contribution < 1.29 is 9.47 Å². The van der Waals surface area contributed by atoms with Gasteiger partial charge in [-0.25, -0.2) is 0 Å². The van der Waals surface area contributed by atoms with Crippen LogP contribution in [0.3, 0.4) is 0 Å². The smallest absolute Gasteiger partial charge is 0.122 e. The summed E-state index contributed by atoms with van der Waals surface area (Å²) in [6, 6.07) is 6.88. The predicted molar refractivity (Wildman–Crippen MR) is 85.0 cm³/mol. The quantitative estimate of drug-likeness (QED) is 0.924. The summed E-state index contributed by atoms with van der Waals surface area (Å²) in [5, 5.41) is 0. The Labute approximate surface area is 127 Å². The molecule has 2 aliphatic rings. The number of hydrogen-bond donors (Lipinski definition) is 1. The maximum Gasteiger partial charge on any atom is 0.122 e. The average Bonchev–Trinajstić information content (AvgIpc) is 3.00. The largest absolute Gasteiger partial charge is 0.493 e. The minimum atomic E-state index is 0.374. The van der Waals surface area contributed by atoms with Crippen molar-refractivity contribution in [2.75, 3.05) is 37.8 Å². The zero-order valence-electron chi connectivity index (χ0n) is 12.9. The van der Waals surface area contributed by atoms with E-state index in [0.717, 1.165) is 57.9 Å². The summed E-state index contributed by atoms with van der Waals surface area (Å²) >= 11 is 0. The second-order valence-corrected chi connectivity index (χ2v) is 6.31. The molecule has 4 nitrogen and oxygen atoms in total. The first kappa shape index (κ1) is 14.7. The van der Waals surface area contributed by atoms with Gasteiger partial charge in [0.05, 0.1) is 13.2 Å². The lowest BCUT2D eigenvalue weighted by atomic mass is 10.0. The first-order valence-corrected chi connectivity index (χ1v) is 8.04. The van der Waals surface area contributed by atoms with E-state index < -0.39 is 0 Å². The van der Waals surface area contributed by atoms with Crippen molar-refractivity contribution in [2.45, 2.75) is 32.2 Å². The SMILES string of the molecule is Cc1cc(N2CCC(N)CC2)ccc1OCC1CCOC1. The van der Waals surface area contributed by atoms with Crippen LogP contribution in [0.4, 0.5) is 5.69 Å². The first-order chi connectivity index (χ1) is 10.2. The van der Waals surface area contributed by atoms with Crippen LogP contribution in [-0.4, -0.2) is 39.0 Å². The van der Waals surface area contributed by atoms with Crippen LogP contribution in [0.5, 0.6) is 5.75 Å². The number of rotatable bonds is 4. The third kappa shape index (κ3) is 3.69. The van der Waals surface area contributed by atoms with Crippen molar-refractivity contribution in [3.63, 3.8) is 0 Å². The Morgan fingerprint density at radius 1 is 1.29 bits per heavy atom. The molecule has 3 rings (SSSR count). The molecule has 0 aromatic heterocycles. The van der Waals surface area contributed by atoms with Crippen LogP contribution >= 0.6 is 0 Å². The molecule has 2 fully saturated rings. The summed E-state index contributed by atoms with van der Waals surface area (Å²) in [6.45, 7) is 6.72. The third-order valence-electron chi connectivity index (χ3n) is 4.56. The molecule has 1 unspecified atom stereocenters. The summed E-state index contributed by atoms with van der Waals surface area (Å²) in [5.74, 6) is 1.55. The van der Waals surface area contributed by atoms with Gasteiger partial charge in [-0.05, 0) is 49.9 Å². The Bertz CT molecular complexity index is 464. The van der Waals surface area contributed by atoms with Crippen LogP contribution < -0.4 is 15.4 Å². The standard InChI is InChI=1S/C17H26N2O2/c1-13-10-16(19-7-4-15(18)5-8-19)2-3-17(13)21-12-14-6-9-20-11-14/h2-3,10,14-15H,4-9,11-12,18H2,1H3. The van der Waals surface area contributed by atoms with Gasteiger partial charge < -0.3 is 20.1 Å². The van der Waals surface area contributed by atoms with Gasteiger partial charge in [0.25, 0.3) is 0 Å². The molecule has 1 aromatic carbocycles. The van der Waals surface area contributed by atoms with Crippen LogP contribution in [0.2, 0.25) is 0 Å². The van der Waals surface area contributed by atoms with Crippen LogP contribution in [0.1, 0.15) is 24.8 Å². The van der Waals surface area contributed by atoms with E-state index in [2.05, 4.69) is 30.0 Å². The molecule has 0 aliphatic carbocycles. The molecule has 116 valence electrons. The lowest BCUT2D eigenvalue weighted by Crippen LogP contribution is -2.39. The van der Waals surface area contributed by atoms with Crippen molar-refractivity contribution >= 4 is 5.69 Å². The fourth-order valence-corrected chi connectivity index (χ4v) is 3.07. The molecule has 2 heterocycles. The number of hydrogen-bond acceptors (Lipinski definition) is 4.